The fraction of sp³-hybridized carbons (Fsp3) is 0.192. The summed E-state index contributed by atoms with van der Waals surface area (Å²) in [6.07, 6.45) is 5.26. The van der Waals surface area contributed by atoms with Crippen LogP contribution < -0.4 is 10.1 Å². The van der Waals surface area contributed by atoms with E-state index in [2.05, 4.69) is 27.3 Å². The van der Waals surface area contributed by atoms with Crippen molar-refractivity contribution in [1.82, 2.24) is 0 Å². The molecule has 36 heavy (non-hydrogen) atoms. The Kier molecular flexibility index (Phi) is 8.62. The first-order valence-corrected chi connectivity index (χ1v) is 13.6. The van der Waals surface area contributed by atoms with E-state index in [1.54, 1.807) is 30.3 Å². The molecule has 1 aliphatic rings. The summed E-state index contributed by atoms with van der Waals surface area (Å²) in [6, 6.07) is 12.6. The van der Waals surface area contributed by atoms with Crippen LogP contribution in [0.5, 0.6) is 5.75 Å². The Balaban J connectivity index is 1.52. The molecule has 3 aromatic rings. The summed E-state index contributed by atoms with van der Waals surface area (Å²) in [5.74, 6) is -0.175. The summed E-state index contributed by atoms with van der Waals surface area (Å²) in [4.78, 5) is 14.0. The minimum atomic E-state index is -0.584. The van der Waals surface area contributed by atoms with Crippen molar-refractivity contribution in [3.63, 3.8) is 0 Å². The van der Waals surface area contributed by atoms with Gasteiger partial charge in [0.15, 0.2) is 5.75 Å². The average Bonchev–Trinajstić information content (AvgIpc) is 3.20. The Morgan fingerprint density at radius 2 is 1.89 bits per heavy atom. The Morgan fingerprint density at radius 3 is 2.58 bits per heavy atom. The molecule has 0 saturated carbocycles. The molecule has 1 aromatic heterocycles. The molecule has 0 bridgehead atoms. The maximum atomic E-state index is 12.9. The number of hydrogen-bond acceptors (Lipinski definition) is 5. The van der Waals surface area contributed by atoms with Crippen LogP contribution >= 0.6 is 62.1 Å². The van der Waals surface area contributed by atoms with E-state index in [1.807, 2.05) is 6.07 Å². The number of halogens is 4. The number of carbonyl (C=O) groups excluding carboxylic acids is 1. The fourth-order valence-corrected chi connectivity index (χ4v) is 6.39. The summed E-state index contributed by atoms with van der Waals surface area (Å²) in [5, 5.41) is 23.7. The van der Waals surface area contributed by atoms with Crippen LogP contribution in [0.1, 0.15) is 40.0 Å². The molecule has 1 heterocycles. The highest BCUT2D eigenvalue weighted by atomic mass is 79.9. The van der Waals surface area contributed by atoms with Crippen molar-refractivity contribution in [3.05, 3.63) is 82.6 Å². The van der Waals surface area contributed by atoms with E-state index in [0.29, 0.717) is 41.4 Å². The van der Waals surface area contributed by atoms with Crippen molar-refractivity contribution in [2.45, 2.75) is 32.3 Å². The number of aryl methyl sites for hydroxylation is 1. The Morgan fingerprint density at radius 1 is 1.11 bits per heavy atom. The molecule has 0 radical (unpaired) electrons. The van der Waals surface area contributed by atoms with Gasteiger partial charge in [0, 0.05) is 4.88 Å². The highest BCUT2D eigenvalue weighted by Gasteiger charge is 2.23. The molecule has 1 N–H and O–H groups in total. The average molecular weight is 622 g/mol. The van der Waals surface area contributed by atoms with Gasteiger partial charge < -0.3 is 10.1 Å². The lowest BCUT2D eigenvalue weighted by molar-refractivity contribution is -0.112. The zero-order valence-electron chi connectivity index (χ0n) is 18.6. The SMILES string of the molecule is N#C/C(=C\c1cc(Cl)c(OCc2ccc(Cl)c(Cl)c2)c(Br)c1)C(=O)Nc1sc2c(c1C#N)CCCC2. The summed E-state index contributed by atoms with van der Waals surface area (Å²) in [6.45, 7) is 0.211. The van der Waals surface area contributed by atoms with E-state index in [0.717, 1.165) is 41.7 Å². The number of anilines is 1. The molecule has 0 atom stereocenters. The predicted molar refractivity (Wildman–Crippen MR) is 148 cm³/mol. The number of thiophene rings is 1. The zero-order chi connectivity index (χ0) is 25.8. The zero-order valence-corrected chi connectivity index (χ0v) is 23.3. The summed E-state index contributed by atoms with van der Waals surface area (Å²) in [7, 11) is 0. The van der Waals surface area contributed by atoms with E-state index >= 15 is 0 Å². The Hall–Kier alpha value is -2.52. The number of carbonyl (C=O) groups is 1. The smallest absolute Gasteiger partial charge is 0.266 e. The van der Waals surface area contributed by atoms with Crippen LogP contribution in [0.15, 0.2) is 40.4 Å². The van der Waals surface area contributed by atoms with Crippen molar-refractivity contribution in [1.29, 1.82) is 10.5 Å². The number of nitrogens with zero attached hydrogens (tertiary/aromatic N) is 2. The maximum Gasteiger partial charge on any atom is 0.266 e. The second-order valence-electron chi connectivity index (χ2n) is 8.00. The van der Waals surface area contributed by atoms with Gasteiger partial charge in [-0.05, 0) is 88.6 Å². The van der Waals surface area contributed by atoms with Crippen LogP contribution in [0.25, 0.3) is 6.08 Å². The van der Waals surface area contributed by atoms with Gasteiger partial charge in [-0.15, -0.1) is 11.3 Å². The lowest BCUT2D eigenvalue weighted by Gasteiger charge is -2.12. The molecule has 1 amide bonds. The molecule has 0 spiro atoms. The van der Waals surface area contributed by atoms with Crippen molar-refractivity contribution in [3.8, 4) is 17.9 Å². The Labute approximate surface area is 236 Å². The molecule has 5 nitrogen and oxygen atoms in total. The molecule has 182 valence electrons. The normalized spacial score (nSPS) is 12.9. The number of benzene rings is 2. The van der Waals surface area contributed by atoms with Gasteiger partial charge in [-0.1, -0.05) is 40.9 Å². The maximum absolute atomic E-state index is 12.9. The van der Waals surface area contributed by atoms with Crippen molar-refractivity contribution in [2.75, 3.05) is 5.32 Å². The molecule has 1 aliphatic carbocycles. The van der Waals surface area contributed by atoms with E-state index in [4.69, 9.17) is 39.5 Å². The number of rotatable bonds is 6. The van der Waals surface area contributed by atoms with Crippen LogP contribution in [-0.4, -0.2) is 5.91 Å². The summed E-state index contributed by atoms with van der Waals surface area (Å²) < 4.78 is 6.40. The molecular formula is C26H17BrCl3N3O2S. The van der Waals surface area contributed by atoms with Gasteiger partial charge in [-0.2, -0.15) is 10.5 Å². The molecule has 0 aliphatic heterocycles. The van der Waals surface area contributed by atoms with Gasteiger partial charge in [0.05, 0.1) is 25.1 Å². The van der Waals surface area contributed by atoms with Crippen LogP contribution in [0.3, 0.4) is 0 Å². The van der Waals surface area contributed by atoms with Gasteiger partial charge in [0.1, 0.15) is 29.3 Å². The third-order valence-corrected chi connectivity index (χ3v) is 8.39. The van der Waals surface area contributed by atoms with Crippen LogP contribution in [0.2, 0.25) is 15.1 Å². The number of fused-ring (bicyclic) bond motifs is 1. The van der Waals surface area contributed by atoms with Crippen LogP contribution in [-0.2, 0) is 24.2 Å². The number of nitriles is 2. The third-order valence-electron chi connectivity index (χ3n) is 5.57. The van der Waals surface area contributed by atoms with Crippen LogP contribution in [0, 0.1) is 22.7 Å². The molecule has 0 fully saturated rings. The lowest BCUT2D eigenvalue weighted by Crippen LogP contribution is -2.13. The number of ether oxygens (including phenoxy) is 1. The molecule has 0 saturated heterocycles. The summed E-state index contributed by atoms with van der Waals surface area (Å²) in [5.41, 5.74) is 2.74. The largest absolute Gasteiger partial charge is 0.486 e. The second kappa shape index (κ2) is 11.7. The first-order chi connectivity index (χ1) is 17.3. The molecule has 2 aromatic carbocycles. The molecule has 0 unspecified atom stereocenters. The van der Waals surface area contributed by atoms with Crippen molar-refractivity contribution < 1.29 is 9.53 Å². The first kappa shape index (κ1) is 26.5. The summed E-state index contributed by atoms with van der Waals surface area (Å²) >= 11 is 23.3. The van der Waals surface area contributed by atoms with Gasteiger partial charge in [-0.25, -0.2) is 0 Å². The minimum absolute atomic E-state index is 0.113. The number of amides is 1. The highest BCUT2D eigenvalue weighted by molar-refractivity contribution is 9.10. The monoisotopic (exact) mass is 619 g/mol. The topological polar surface area (TPSA) is 85.9 Å². The van der Waals surface area contributed by atoms with Crippen LogP contribution in [0.4, 0.5) is 5.00 Å². The van der Waals surface area contributed by atoms with Gasteiger partial charge in [0.25, 0.3) is 5.91 Å². The predicted octanol–water partition coefficient (Wildman–Crippen LogP) is 8.35. The molecule has 4 rings (SSSR count). The number of hydrogen-bond donors (Lipinski definition) is 1. The minimum Gasteiger partial charge on any atom is -0.486 e. The Bertz CT molecular complexity index is 1450. The molecule has 10 heteroatoms. The second-order valence-corrected chi connectivity index (χ2v) is 11.2. The molecular weight excluding hydrogens is 605 g/mol. The van der Waals surface area contributed by atoms with Gasteiger partial charge >= 0.3 is 0 Å². The van der Waals surface area contributed by atoms with E-state index in [9.17, 15) is 15.3 Å². The third kappa shape index (κ3) is 5.89. The fourth-order valence-electron chi connectivity index (χ4n) is 3.84. The standard InChI is InChI=1S/C26H17BrCl3N3O2S/c27-19-8-15(10-22(30)24(19)35-13-14-5-6-20(28)21(29)9-14)7-16(11-31)25(34)33-26-18(12-32)17-3-1-2-4-23(17)36-26/h5-10H,1-4,13H2,(H,33,34)/b16-7+. The van der Waals surface area contributed by atoms with Crippen molar-refractivity contribution in [2.24, 2.45) is 0 Å². The van der Waals surface area contributed by atoms with E-state index in [1.165, 1.54) is 17.4 Å². The van der Waals surface area contributed by atoms with Gasteiger partial charge in [0.2, 0.25) is 0 Å². The highest BCUT2D eigenvalue weighted by Crippen LogP contribution is 2.38. The quantitative estimate of drug-likeness (QED) is 0.221. The first-order valence-electron chi connectivity index (χ1n) is 10.8. The number of nitrogens with one attached hydrogen (secondary N) is 1. The van der Waals surface area contributed by atoms with Crippen molar-refractivity contribution >= 4 is 79.1 Å². The lowest BCUT2D eigenvalue weighted by atomic mass is 9.96. The van der Waals surface area contributed by atoms with E-state index < -0.39 is 5.91 Å². The van der Waals surface area contributed by atoms with E-state index in [-0.39, 0.29) is 12.2 Å². The van der Waals surface area contributed by atoms with Gasteiger partial charge in [-0.3, -0.25) is 4.79 Å².